The van der Waals surface area contributed by atoms with Crippen molar-refractivity contribution in [2.45, 2.75) is 36.9 Å². The van der Waals surface area contributed by atoms with Crippen LogP contribution in [0.5, 0.6) is 5.75 Å². The van der Waals surface area contributed by atoms with E-state index in [9.17, 15) is 25.2 Å². The van der Waals surface area contributed by atoms with Crippen LogP contribution in [0.2, 0.25) is 0 Å². The van der Waals surface area contributed by atoms with Crippen molar-refractivity contribution in [1.29, 1.82) is 0 Å². The Balaban J connectivity index is 0.00000363. The van der Waals surface area contributed by atoms with Gasteiger partial charge in [0, 0.05) is 0 Å². The first-order valence-electron chi connectivity index (χ1n) is 9.91. The number of hydrogen-bond donors (Lipinski definition) is 5. The second-order valence-corrected chi connectivity index (χ2v) is 7.31. The van der Waals surface area contributed by atoms with Gasteiger partial charge in [-0.1, -0.05) is 43.4 Å². The van der Waals surface area contributed by atoms with Crippen molar-refractivity contribution < 1.29 is 92.9 Å². The van der Waals surface area contributed by atoms with Crippen LogP contribution < -0.4 is 68.2 Å². The summed E-state index contributed by atoms with van der Waals surface area (Å²) >= 11 is 0. The van der Waals surface area contributed by atoms with Crippen LogP contribution in [0.3, 0.4) is 0 Å². The van der Waals surface area contributed by atoms with Crippen LogP contribution in [-0.2, 0) is 11.2 Å². The fourth-order valence-corrected chi connectivity index (χ4v) is 3.46. The van der Waals surface area contributed by atoms with Gasteiger partial charge in [0.15, 0.2) is 6.03 Å². The summed E-state index contributed by atoms with van der Waals surface area (Å²) in [5.41, 5.74) is 2.62. The Kier molecular flexibility index (Phi) is 11.2. The van der Waals surface area contributed by atoms with Gasteiger partial charge in [0.2, 0.25) is 0 Å². The van der Waals surface area contributed by atoms with E-state index in [1.54, 1.807) is 18.2 Å². The first-order chi connectivity index (χ1) is 14.9. The number of carbonyl (C=O) groups is 1. The summed E-state index contributed by atoms with van der Waals surface area (Å²) < 4.78 is 11.1. The molecular weight excluding hydrogens is 490 g/mol. The summed E-state index contributed by atoms with van der Waals surface area (Å²) in [6, 6.07) is 14.3. The number of amides is 2. The fraction of sp³-hybridized carbons (Fsp3) is 0.409. The maximum Gasteiger partial charge on any atom is 1.00 e. The number of urea groups is 1. The van der Waals surface area contributed by atoms with E-state index < -0.39 is 43.2 Å². The molecule has 2 aromatic carbocycles. The van der Waals surface area contributed by atoms with Crippen LogP contribution in [-0.4, -0.2) is 71.3 Å². The van der Waals surface area contributed by atoms with Crippen molar-refractivity contribution in [2.24, 2.45) is 0 Å². The fourth-order valence-electron chi connectivity index (χ4n) is 3.46. The Morgan fingerprint density at radius 2 is 1.78 bits per heavy atom. The summed E-state index contributed by atoms with van der Waals surface area (Å²) in [6.07, 6.45) is -5.32. The van der Waals surface area contributed by atoms with Crippen LogP contribution >= 0.6 is 0 Å². The first kappa shape index (κ1) is 27.4. The molecule has 5 atom stereocenters. The molecule has 2 aromatic rings. The molecule has 10 heteroatoms. The van der Waals surface area contributed by atoms with E-state index in [1.165, 1.54) is 7.05 Å². The number of rotatable bonds is 7. The molecule has 0 aromatic heterocycles. The molecule has 1 saturated heterocycles. The SMILES string of the molecule is C[N-]C(=O)NCOc1ccc(Cc2cccc([C@@H]3O[C@H](CO)C(O)[C@H](O)[C@H]3O)c2)cc1.[Rb+]. The Hall–Kier alpha value is -0.885. The van der Waals surface area contributed by atoms with Crippen molar-refractivity contribution in [1.82, 2.24) is 5.32 Å². The van der Waals surface area contributed by atoms with Crippen LogP contribution in [0.4, 0.5) is 4.79 Å². The second kappa shape index (κ2) is 13.1. The third-order valence-corrected chi connectivity index (χ3v) is 5.17. The average molecular weight is 517 g/mol. The molecule has 0 saturated carbocycles. The van der Waals surface area contributed by atoms with Gasteiger partial charge in [-0.3, -0.25) is 4.79 Å². The number of aliphatic hydroxyl groups excluding tert-OH is 4. The van der Waals surface area contributed by atoms with Crippen molar-refractivity contribution in [3.8, 4) is 5.75 Å². The zero-order chi connectivity index (χ0) is 22.4. The van der Waals surface area contributed by atoms with Crippen LogP contribution in [0.25, 0.3) is 5.32 Å². The molecule has 32 heavy (non-hydrogen) atoms. The van der Waals surface area contributed by atoms with Gasteiger partial charge < -0.3 is 40.5 Å². The van der Waals surface area contributed by atoms with Gasteiger partial charge in [-0.05, 0) is 35.2 Å². The molecule has 0 spiro atoms. The summed E-state index contributed by atoms with van der Waals surface area (Å²) in [5.74, 6) is 0.607. The quantitative estimate of drug-likeness (QED) is 0.264. The number of hydrogen-bond acceptors (Lipinski definition) is 7. The molecule has 9 nitrogen and oxygen atoms in total. The third-order valence-electron chi connectivity index (χ3n) is 5.17. The summed E-state index contributed by atoms with van der Waals surface area (Å²) in [5, 5.41) is 45.6. The standard InChI is InChI=1S/C22H28N2O7.Rb/c1-23-22(29)24-12-30-16-7-5-13(6-8-16)9-14-3-2-4-15(10-14)21-20(28)19(27)18(26)17(11-25)31-21;/h2-8,10,17-21,25-28H,9,11-12H2,1H3,(H2,23,24,29);/q;+1/p-1/t17-,18?,19+,20-,21+;/m1./s1. The molecule has 1 heterocycles. The maximum atomic E-state index is 11.1. The molecular formula is C22H27N2O7Rb. The maximum absolute atomic E-state index is 11.1. The molecule has 0 bridgehead atoms. The number of aliphatic hydroxyl groups is 4. The molecule has 3 rings (SSSR count). The van der Waals surface area contributed by atoms with Crippen molar-refractivity contribution >= 4 is 6.03 Å². The Labute approximate surface area is 235 Å². The number of ether oxygens (including phenoxy) is 2. The number of carbonyl (C=O) groups excluding carboxylic acids is 1. The average Bonchev–Trinajstić information content (AvgIpc) is 2.79. The van der Waals surface area contributed by atoms with Crippen molar-refractivity contribution in [3.05, 3.63) is 70.5 Å². The third kappa shape index (κ3) is 7.06. The van der Waals surface area contributed by atoms with E-state index in [4.69, 9.17) is 9.47 Å². The van der Waals surface area contributed by atoms with Gasteiger partial charge in [-0.15, -0.1) is 0 Å². The van der Waals surface area contributed by atoms with Crippen molar-refractivity contribution in [2.75, 3.05) is 20.4 Å². The Morgan fingerprint density at radius 1 is 1.06 bits per heavy atom. The zero-order valence-corrected chi connectivity index (χ0v) is 23.0. The minimum Gasteiger partial charge on any atom is -0.494 e. The molecule has 168 valence electrons. The Bertz CT molecular complexity index is 866. The zero-order valence-electron chi connectivity index (χ0n) is 18.1. The van der Waals surface area contributed by atoms with Gasteiger partial charge in [-0.25, -0.2) is 0 Å². The minimum atomic E-state index is -1.41. The summed E-state index contributed by atoms with van der Waals surface area (Å²) in [7, 11) is 1.40. The molecule has 1 aliphatic heterocycles. The van der Waals surface area contributed by atoms with Crippen LogP contribution in [0.1, 0.15) is 22.8 Å². The summed E-state index contributed by atoms with van der Waals surface area (Å²) in [6.45, 7) is -0.441. The largest absolute Gasteiger partial charge is 1.00 e. The number of benzene rings is 2. The molecule has 0 aliphatic carbocycles. The molecule has 2 amide bonds. The smallest absolute Gasteiger partial charge is 0.494 e. The van der Waals surface area contributed by atoms with Gasteiger partial charge in [-0.2, -0.15) is 0 Å². The van der Waals surface area contributed by atoms with Crippen molar-refractivity contribution in [3.63, 3.8) is 0 Å². The first-order valence-corrected chi connectivity index (χ1v) is 9.91. The molecule has 1 unspecified atom stereocenters. The van der Waals surface area contributed by atoms with E-state index >= 15 is 0 Å². The van der Waals surface area contributed by atoms with E-state index in [-0.39, 0.29) is 64.9 Å². The monoisotopic (exact) mass is 516 g/mol. The van der Waals surface area contributed by atoms with Crippen LogP contribution in [0.15, 0.2) is 48.5 Å². The van der Waals surface area contributed by atoms with Gasteiger partial charge in [0.05, 0.1) is 13.3 Å². The summed E-state index contributed by atoms with van der Waals surface area (Å²) in [4.78, 5) is 11.1. The number of nitrogens with zero attached hydrogens (tertiary/aromatic N) is 1. The van der Waals surface area contributed by atoms with E-state index in [0.29, 0.717) is 17.7 Å². The van der Waals surface area contributed by atoms with E-state index in [0.717, 1.165) is 11.1 Å². The second-order valence-electron chi connectivity index (χ2n) is 7.31. The Morgan fingerprint density at radius 3 is 2.44 bits per heavy atom. The van der Waals surface area contributed by atoms with E-state index in [2.05, 4.69) is 10.6 Å². The predicted octanol–water partition coefficient (Wildman–Crippen LogP) is -2.15. The van der Waals surface area contributed by atoms with Crippen LogP contribution in [0, 0.1) is 0 Å². The number of nitrogens with one attached hydrogen (secondary N) is 1. The molecule has 0 radical (unpaired) electrons. The molecule has 1 aliphatic rings. The predicted molar refractivity (Wildman–Crippen MR) is 112 cm³/mol. The molecule has 5 N–H and O–H groups in total. The normalized spacial score (nSPS) is 24.8. The molecule has 1 fully saturated rings. The topological polar surface area (TPSA) is 143 Å². The van der Waals surface area contributed by atoms with Gasteiger partial charge in [0.1, 0.15) is 36.3 Å². The van der Waals surface area contributed by atoms with E-state index in [1.807, 2.05) is 30.3 Å². The van der Waals surface area contributed by atoms with Gasteiger partial charge in [0.25, 0.3) is 0 Å². The minimum absolute atomic E-state index is 0. The van der Waals surface area contributed by atoms with Gasteiger partial charge >= 0.3 is 58.2 Å².